The number of carbonyl (C=O) groups excluding carboxylic acids is 1. The van der Waals surface area contributed by atoms with E-state index in [2.05, 4.69) is 35.6 Å². The van der Waals surface area contributed by atoms with Gasteiger partial charge in [0.1, 0.15) is 6.61 Å². The number of ether oxygens (including phenoxy) is 1. The molecule has 1 aromatic carbocycles. The summed E-state index contributed by atoms with van der Waals surface area (Å²) in [6.07, 6.45) is 7.44. The smallest absolute Gasteiger partial charge is 0.246 e. The Morgan fingerprint density at radius 1 is 1.00 bits per heavy atom. The molecule has 2 aliphatic carbocycles. The summed E-state index contributed by atoms with van der Waals surface area (Å²) >= 11 is 0. The fraction of sp³-hybridized carbons (Fsp3) is 0.632. The largest absolute Gasteiger partial charge is 0.371 e. The molecule has 0 bridgehead atoms. The van der Waals surface area contributed by atoms with Gasteiger partial charge in [-0.25, -0.2) is 0 Å². The average molecular weight is 301 g/mol. The number of carbonyl (C=O) groups is 1. The van der Waals surface area contributed by atoms with Crippen LogP contribution in [0.2, 0.25) is 0 Å². The van der Waals surface area contributed by atoms with Gasteiger partial charge in [0, 0.05) is 6.54 Å². The minimum Gasteiger partial charge on any atom is -0.371 e. The molecule has 3 heteroatoms. The minimum atomic E-state index is 0.0471. The maximum absolute atomic E-state index is 11.7. The first kappa shape index (κ1) is 15.5. The van der Waals surface area contributed by atoms with Crippen molar-refractivity contribution >= 4 is 5.91 Å². The summed E-state index contributed by atoms with van der Waals surface area (Å²) in [5.74, 6) is 2.11. The third kappa shape index (κ3) is 4.84. The molecule has 0 atom stereocenters. The number of rotatable bonds is 7. The van der Waals surface area contributed by atoms with Crippen LogP contribution in [0, 0.1) is 11.8 Å². The number of hydrogen-bond acceptors (Lipinski definition) is 2. The normalized spacial score (nSPS) is 24.9. The lowest BCUT2D eigenvalue weighted by Crippen LogP contribution is -2.33. The van der Waals surface area contributed by atoms with E-state index in [1.54, 1.807) is 0 Å². The van der Waals surface area contributed by atoms with Crippen LogP contribution < -0.4 is 5.32 Å². The van der Waals surface area contributed by atoms with E-state index in [1.165, 1.54) is 44.1 Å². The Morgan fingerprint density at radius 3 is 2.36 bits per heavy atom. The predicted octanol–water partition coefficient (Wildman–Crippen LogP) is 3.50. The highest BCUT2D eigenvalue weighted by molar-refractivity contribution is 5.77. The van der Waals surface area contributed by atoms with Crippen molar-refractivity contribution in [3.63, 3.8) is 0 Å². The van der Waals surface area contributed by atoms with Crippen LogP contribution in [-0.2, 0) is 9.53 Å². The second kappa shape index (κ2) is 7.77. The number of benzene rings is 1. The lowest BCUT2D eigenvalue weighted by molar-refractivity contribution is -0.126. The van der Waals surface area contributed by atoms with Crippen LogP contribution in [0.3, 0.4) is 0 Å². The van der Waals surface area contributed by atoms with Crippen LogP contribution in [0.15, 0.2) is 30.3 Å². The van der Waals surface area contributed by atoms with E-state index >= 15 is 0 Å². The molecule has 0 radical (unpaired) electrons. The van der Waals surface area contributed by atoms with Gasteiger partial charge in [0.15, 0.2) is 0 Å². The molecular formula is C19H27NO2. The van der Waals surface area contributed by atoms with E-state index in [0.29, 0.717) is 11.8 Å². The Bertz CT molecular complexity index is 462. The molecule has 3 rings (SSSR count). The summed E-state index contributed by atoms with van der Waals surface area (Å²) in [5, 5.41) is 3.04. The average Bonchev–Trinajstić information content (AvgIpc) is 3.39. The summed E-state index contributed by atoms with van der Waals surface area (Å²) in [6, 6.07) is 10.8. The first-order valence-electron chi connectivity index (χ1n) is 8.70. The summed E-state index contributed by atoms with van der Waals surface area (Å²) < 4.78 is 5.42. The molecule has 0 spiro atoms. The van der Waals surface area contributed by atoms with Crippen molar-refractivity contribution in [3.05, 3.63) is 35.9 Å². The second-order valence-electron chi connectivity index (χ2n) is 6.89. The van der Waals surface area contributed by atoms with Gasteiger partial charge in [-0.1, -0.05) is 30.3 Å². The van der Waals surface area contributed by atoms with Gasteiger partial charge in [-0.3, -0.25) is 4.79 Å². The van der Waals surface area contributed by atoms with Gasteiger partial charge >= 0.3 is 0 Å². The molecule has 1 amide bonds. The minimum absolute atomic E-state index is 0.0471. The first-order chi connectivity index (χ1) is 10.8. The molecular weight excluding hydrogens is 274 g/mol. The quantitative estimate of drug-likeness (QED) is 0.837. The Balaban J connectivity index is 1.30. The molecule has 0 unspecified atom stereocenters. The highest BCUT2D eigenvalue weighted by Crippen LogP contribution is 2.35. The summed E-state index contributed by atoms with van der Waals surface area (Å²) in [4.78, 5) is 11.7. The Hall–Kier alpha value is -1.35. The Morgan fingerprint density at radius 2 is 1.68 bits per heavy atom. The highest BCUT2D eigenvalue weighted by atomic mass is 16.5. The van der Waals surface area contributed by atoms with Crippen molar-refractivity contribution in [3.8, 4) is 0 Å². The molecule has 2 fully saturated rings. The number of amides is 1. The monoisotopic (exact) mass is 301 g/mol. The zero-order valence-corrected chi connectivity index (χ0v) is 13.3. The Labute approximate surface area is 133 Å². The second-order valence-corrected chi connectivity index (χ2v) is 6.89. The van der Waals surface area contributed by atoms with Crippen molar-refractivity contribution in [1.82, 2.24) is 5.32 Å². The molecule has 0 aliphatic heterocycles. The summed E-state index contributed by atoms with van der Waals surface area (Å²) in [7, 11) is 0. The van der Waals surface area contributed by atoms with Crippen LogP contribution in [0.5, 0.6) is 0 Å². The van der Waals surface area contributed by atoms with Crippen LogP contribution in [-0.4, -0.2) is 25.7 Å². The number of nitrogens with one attached hydrogen (secondary N) is 1. The van der Waals surface area contributed by atoms with E-state index in [-0.39, 0.29) is 12.5 Å². The molecule has 2 aliphatic rings. The number of hydrogen-bond donors (Lipinski definition) is 1. The lowest BCUT2D eigenvalue weighted by atomic mass is 9.79. The van der Waals surface area contributed by atoms with Crippen LogP contribution in [0.25, 0.3) is 0 Å². The van der Waals surface area contributed by atoms with E-state index in [0.717, 1.165) is 19.1 Å². The third-order valence-electron chi connectivity index (χ3n) is 4.99. The third-order valence-corrected chi connectivity index (χ3v) is 4.99. The van der Waals surface area contributed by atoms with Crippen LogP contribution >= 0.6 is 0 Å². The zero-order chi connectivity index (χ0) is 15.2. The highest BCUT2D eigenvalue weighted by Gasteiger charge is 2.23. The maximum atomic E-state index is 11.7. The topological polar surface area (TPSA) is 38.3 Å². The van der Waals surface area contributed by atoms with Gasteiger partial charge in [-0.05, 0) is 61.8 Å². The van der Waals surface area contributed by atoms with E-state index in [1.807, 2.05) is 0 Å². The van der Waals surface area contributed by atoms with E-state index in [9.17, 15) is 4.79 Å². The molecule has 120 valence electrons. The predicted molar refractivity (Wildman–Crippen MR) is 87.7 cm³/mol. The zero-order valence-electron chi connectivity index (χ0n) is 13.3. The van der Waals surface area contributed by atoms with Gasteiger partial charge < -0.3 is 10.1 Å². The Kier molecular flexibility index (Phi) is 5.49. The fourth-order valence-corrected chi connectivity index (χ4v) is 3.34. The van der Waals surface area contributed by atoms with Crippen LogP contribution in [0.1, 0.15) is 50.0 Å². The summed E-state index contributed by atoms with van der Waals surface area (Å²) in [6.45, 7) is 1.80. The van der Waals surface area contributed by atoms with Gasteiger partial charge in [0.2, 0.25) is 5.91 Å². The van der Waals surface area contributed by atoms with Gasteiger partial charge in [-0.2, -0.15) is 0 Å². The van der Waals surface area contributed by atoms with Crippen molar-refractivity contribution < 1.29 is 9.53 Å². The van der Waals surface area contributed by atoms with Gasteiger partial charge in [-0.15, -0.1) is 0 Å². The standard InChI is InChI=1S/C19H27NO2/c21-19(14-22-13-16-6-7-16)20-12-15-8-10-18(11-9-15)17-4-2-1-3-5-17/h1-5,15-16,18H,6-14H2,(H,20,21). The van der Waals surface area contributed by atoms with E-state index < -0.39 is 0 Å². The summed E-state index contributed by atoms with van der Waals surface area (Å²) in [5.41, 5.74) is 1.47. The van der Waals surface area contributed by atoms with Gasteiger partial charge in [0.25, 0.3) is 0 Å². The van der Waals surface area contributed by atoms with Crippen molar-refractivity contribution in [1.29, 1.82) is 0 Å². The molecule has 22 heavy (non-hydrogen) atoms. The molecule has 3 nitrogen and oxygen atoms in total. The van der Waals surface area contributed by atoms with Gasteiger partial charge in [0.05, 0.1) is 6.61 Å². The molecule has 2 saturated carbocycles. The maximum Gasteiger partial charge on any atom is 0.246 e. The molecule has 1 N–H and O–H groups in total. The molecule has 0 saturated heterocycles. The van der Waals surface area contributed by atoms with Crippen molar-refractivity contribution in [2.45, 2.75) is 44.4 Å². The van der Waals surface area contributed by atoms with E-state index in [4.69, 9.17) is 4.74 Å². The SMILES string of the molecule is O=C(COCC1CC1)NCC1CCC(c2ccccc2)CC1. The molecule has 0 heterocycles. The lowest BCUT2D eigenvalue weighted by Gasteiger charge is -2.29. The van der Waals surface area contributed by atoms with Crippen molar-refractivity contribution in [2.24, 2.45) is 11.8 Å². The fourth-order valence-electron chi connectivity index (χ4n) is 3.34. The van der Waals surface area contributed by atoms with Crippen molar-refractivity contribution in [2.75, 3.05) is 19.8 Å². The molecule has 0 aromatic heterocycles. The molecule has 1 aromatic rings. The first-order valence-corrected chi connectivity index (χ1v) is 8.70. The van der Waals surface area contributed by atoms with Crippen LogP contribution in [0.4, 0.5) is 0 Å².